The number of benzene rings is 1. The molecule has 4 nitrogen and oxygen atoms in total. The number of rotatable bonds is 3. The van der Waals surface area contributed by atoms with Gasteiger partial charge in [-0.2, -0.15) is 5.26 Å². The van der Waals surface area contributed by atoms with Crippen molar-refractivity contribution >= 4 is 28.6 Å². The van der Waals surface area contributed by atoms with Crippen molar-refractivity contribution in [2.75, 3.05) is 11.1 Å². The minimum Gasteiger partial charge on any atom is -0.399 e. The van der Waals surface area contributed by atoms with Crippen molar-refractivity contribution in [2.45, 2.75) is 13.3 Å². The third-order valence-electron chi connectivity index (χ3n) is 2.75. The standard InChI is InChI=1S/C14H13N3OS/c1-2-9-5-6-19-13(9)14(18)17-12-4-3-11(16)7-10(12)8-15/h3-7H,2,16H2,1H3,(H,17,18). The summed E-state index contributed by atoms with van der Waals surface area (Å²) in [6.07, 6.45) is 0.805. The number of anilines is 2. The molecule has 2 rings (SSSR count). The number of carbonyl (C=O) groups is 1. The van der Waals surface area contributed by atoms with Gasteiger partial charge >= 0.3 is 0 Å². The van der Waals surface area contributed by atoms with Crippen LogP contribution in [-0.2, 0) is 6.42 Å². The van der Waals surface area contributed by atoms with E-state index >= 15 is 0 Å². The summed E-state index contributed by atoms with van der Waals surface area (Å²) in [6, 6.07) is 8.81. The van der Waals surface area contributed by atoms with Gasteiger partial charge in [-0.25, -0.2) is 0 Å². The van der Waals surface area contributed by atoms with Gasteiger partial charge in [0.15, 0.2) is 0 Å². The molecule has 1 aromatic heterocycles. The van der Waals surface area contributed by atoms with Gasteiger partial charge in [-0.3, -0.25) is 4.79 Å². The molecule has 0 aliphatic heterocycles. The molecule has 0 aliphatic rings. The second kappa shape index (κ2) is 5.55. The lowest BCUT2D eigenvalue weighted by Gasteiger charge is -2.07. The number of amides is 1. The first-order valence-corrected chi connectivity index (χ1v) is 6.71. The van der Waals surface area contributed by atoms with Gasteiger partial charge in [0.2, 0.25) is 0 Å². The molecule has 96 valence electrons. The van der Waals surface area contributed by atoms with Crippen LogP contribution < -0.4 is 11.1 Å². The SMILES string of the molecule is CCc1ccsc1C(=O)Nc1ccc(N)cc1C#N. The molecule has 19 heavy (non-hydrogen) atoms. The number of carbonyl (C=O) groups excluding carboxylic acids is 1. The van der Waals surface area contributed by atoms with Crippen LogP contribution in [0.15, 0.2) is 29.6 Å². The summed E-state index contributed by atoms with van der Waals surface area (Å²) in [5.41, 5.74) is 7.97. The molecule has 0 fully saturated rings. The Morgan fingerprint density at radius 1 is 1.47 bits per heavy atom. The van der Waals surface area contributed by atoms with E-state index in [1.165, 1.54) is 11.3 Å². The Bertz CT molecular complexity index is 655. The number of nitrogen functional groups attached to an aromatic ring is 1. The first-order valence-electron chi connectivity index (χ1n) is 5.83. The third kappa shape index (κ3) is 2.75. The van der Waals surface area contributed by atoms with Crippen molar-refractivity contribution in [2.24, 2.45) is 0 Å². The maximum atomic E-state index is 12.2. The Morgan fingerprint density at radius 2 is 2.26 bits per heavy atom. The fourth-order valence-electron chi connectivity index (χ4n) is 1.76. The Labute approximate surface area is 115 Å². The lowest BCUT2D eigenvalue weighted by Crippen LogP contribution is -2.13. The summed E-state index contributed by atoms with van der Waals surface area (Å²) in [5, 5.41) is 13.7. The van der Waals surface area contributed by atoms with Crippen molar-refractivity contribution in [3.05, 3.63) is 45.6 Å². The summed E-state index contributed by atoms with van der Waals surface area (Å²) in [7, 11) is 0. The molecular formula is C14H13N3OS. The summed E-state index contributed by atoms with van der Waals surface area (Å²) >= 11 is 1.40. The zero-order valence-corrected chi connectivity index (χ0v) is 11.3. The van der Waals surface area contributed by atoms with Gasteiger partial charge in [-0.15, -0.1) is 11.3 Å². The van der Waals surface area contributed by atoms with E-state index in [0.717, 1.165) is 12.0 Å². The van der Waals surface area contributed by atoms with E-state index in [-0.39, 0.29) is 5.91 Å². The van der Waals surface area contributed by atoms with Crippen LogP contribution in [0.4, 0.5) is 11.4 Å². The molecule has 2 aromatic rings. The molecule has 0 saturated carbocycles. The highest BCUT2D eigenvalue weighted by molar-refractivity contribution is 7.12. The smallest absolute Gasteiger partial charge is 0.266 e. The third-order valence-corrected chi connectivity index (χ3v) is 3.70. The Kier molecular flexibility index (Phi) is 3.83. The number of aryl methyl sites for hydroxylation is 1. The number of nitrogens with two attached hydrogens (primary N) is 1. The molecule has 0 aliphatic carbocycles. The van der Waals surface area contributed by atoms with Gasteiger partial charge in [-0.05, 0) is 41.6 Å². The molecule has 3 N–H and O–H groups in total. The molecule has 1 heterocycles. The zero-order chi connectivity index (χ0) is 13.8. The monoisotopic (exact) mass is 271 g/mol. The van der Waals surface area contributed by atoms with Crippen LogP contribution in [0.25, 0.3) is 0 Å². The van der Waals surface area contributed by atoms with Crippen molar-refractivity contribution in [1.29, 1.82) is 5.26 Å². The topological polar surface area (TPSA) is 78.9 Å². The van der Waals surface area contributed by atoms with E-state index in [1.807, 2.05) is 24.4 Å². The molecule has 0 radical (unpaired) electrons. The molecular weight excluding hydrogens is 258 g/mol. The predicted molar refractivity (Wildman–Crippen MR) is 77.2 cm³/mol. The second-order valence-electron chi connectivity index (χ2n) is 4.00. The molecule has 5 heteroatoms. The molecule has 0 spiro atoms. The van der Waals surface area contributed by atoms with Gasteiger partial charge < -0.3 is 11.1 Å². The van der Waals surface area contributed by atoms with Crippen molar-refractivity contribution in [3.63, 3.8) is 0 Å². The summed E-state index contributed by atoms with van der Waals surface area (Å²) in [5.74, 6) is -0.187. The molecule has 0 bridgehead atoms. The Morgan fingerprint density at radius 3 is 2.95 bits per heavy atom. The molecule has 0 unspecified atom stereocenters. The van der Waals surface area contributed by atoms with E-state index in [0.29, 0.717) is 21.8 Å². The van der Waals surface area contributed by atoms with Gasteiger partial charge in [-0.1, -0.05) is 6.92 Å². The average Bonchev–Trinajstić information content (AvgIpc) is 2.89. The molecule has 0 saturated heterocycles. The Hall–Kier alpha value is -2.32. The first-order chi connectivity index (χ1) is 9.15. The van der Waals surface area contributed by atoms with Crippen LogP contribution in [0.3, 0.4) is 0 Å². The Balaban J connectivity index is 2.27. The summed E-state index contributed by atoms with van der Waals surface area (Å²) < 4.78 is 0. The lowest BCUT2D eigenvalue weighted by atomic mass is 10.1. The largest absolute Gasteiger partial charge is 0.399 e. The van der Waals surface area contributed by atoms with Crippen molar-refractivity contribution in [1.82, 2.24) is 0 Å². The minimum absolute atomic E-state index is 0.187. The highest BCUT2D eigenvalue weighted by Gasteiger charge is 2.13. The number of thiophene rings is 1. The van der Waals surface area contributed by atoms with Crippen LogP contribution in [0, 0.1) is 11.3 Å². The maximum Gasteiger partial charge on any atom is 0.266 e. The quantitative estimate of drug-likeness (QED) is 0.842. The number of hydrogen-bond acceptors (Lipinski definition) is 4. The summed E-state index contributed by atoms with van der Waals surface area (Å²) in [6.45, 7) is 2.00. The lowest BCUT2D eigenvalue weighted by molar-refractivity contribution is 0.103. The zero-order valence-electron chi connectivity index (χ0n) is 10.4. The highest BCUT2D eigenvalue weighted by atomic mass is 32.1. The molecule has 0 atom stereocenters. The van der Waals surface area contributed by atoms with Gasteiger partial charge in [0.1, 0.15) is 6.07 Å². The van der Waals surface area contributed by atoms with Crippen LogP contribution in [0.1, 0.15) is 27.7 Å². The van der Waals surface area contributed by atoms with E-state index in [1.54, 1.807) is 18.2 Å². The van der Waals surface area contributed by atoms with Gasteiger partial charge in [0.25, 0.3) is 5.91 Å². The summed E-state index contributed by atoms with van der Waals surface area (Å²) in [4.78, 5) is 12.9. The van der Waals surface area contributed by atoms with Crippen LogP contribution >= 0.6 is 11.3 Å². The minimum atomic E-state index is -0.187. The highest BCUT2D eigenvalue weighted by Crippen LogP contribution is 2.22. The number of nitriles is 1. The predicted octanol–water partition coefficient (Wildman–Crippen LogP) is 3.02. The van der Waals surface area contributed by atoms with Gasteiger partial charge in [0.05, 0.1) is 16.1 Å². The fourth-order valence-corrected chi connectivity index (χ4v) is 2.65. The van der Waals surface area contributed by atoms with Gasteiger partial charge in [0, 0.05) is 5.69 Å². The number of nitrogens with zero attached hydrogens (tertiary/aromatic N) is 1. The fraction of sp³-hybridized carbons (Fsp3) is 0.143. The first kappa shape index (κ1) is 13.1. The number of hydrogen-bond donors (Lipinski definition) is 2. The average molecular weight is 271 g/mol. The molecule has 1 amide bonds. The maximum absolute atomic E-state index is 12.2. The van der Waals surface area contributed by atoms with Crippen LogP contribution in [0.2, 0.25) is 0 Å². The van der Waals surface area contributed by atoms with Crippen LogP contribution in [-0.4, -0.2) is 5.91 Å². The van der Waals surface area contributed by atoms with Crippen LogP contribution in [0.5, 0.6) is 0 Å². The number of nitrogens with one attached hydrogen (secondary N) is 1. The van der Waals surface area contributed by atoms with E-state index in [4.69, 9.17) is 11.0 Å². The second-order valence-corrected chi connectivity index (χ2v) is 4.92. The van der Waals surface area contributed by atoms with E-state index in [9.17, 15) is 4.79 Å². The normalized spacial score (nSPS) is 9.89. The van der Waals surface area contributed by atoms with E-state index < -0.39 is 0 Å². The van der Waals surface area contributed by atoms with Crippen molar-refractivity contribution < 1.29 is 4.79 Å². The van der Waals surface area contributed by atoms with Crippen molar-refractivity contribution in [3.8, 4) is 6.07 Å². The molecule has 1 aromatic carbocycles. The van der Waals surface area contributed by atoms with E-state index in [2.05, 4.69) is 5.32 Å².